The summed E-state index contributed by atoms with van der Waals surface area (Å²) in [5.74, 6) is -0.141. The summed E-state index contributed by atoms with van der Waals surface area (Å²) in [6.07, 6.45) is 1.65. The van der Waals surface area contributed by atoms with E-state index in [1.54, 1.807) is 24.3 Å². The molecule has 0 radical (unpaired) electrons. The van der Waals surface area contributed by atoms with Gasteiger partial charge >= 0.3 is 0 Å². The van der Waals surface area contributed by atoms with Crippen molar-refractivity contribution in [2.24, 2.45) is 0 Å². The topological polar surface area (TPSA) is 30.2 Å². The van der Waals surface area contributed by atoms with Gasteiger partial charge < -0.3 is 4.42 Å². The molecule has 1 heterocycles. The van der Waals surface area contributed by atoms with Crippen LogP contribution in [-0.2, 0) is 6.42 Å². The molecule has 1 aromatic heterocycles. The summed E-state index contributed by atoms with van der Waals surface area (Å²) in [4.78, 5) is 11.7. The number of carbonyl (C=O) groups is 1. The minimum Gasteiger partial charge on any atom is -0.461 e. The van der Waals surface area contributed by atoms with Crippen molar-refractivity contribution in [3.05, 3.63) is 58.2 Å². The Labute approximate surface area is 100 Å². The summed E-state index contributed by atoms with van der Waals surface area (Å²) >= 11 is 3.07. The van der Waals surface area contributed by atoms with Crippen molar-refractivity contribution < 1.29 is 13.6 Å². The maximum Gasteiger partial charge on any atom is 0.202 e. The first-order valence-corrected chi connectivity index (χ1v) is 5.47. The summed E-state index contributed by atoms with van der Waals surface area (Å²) in [5, 5.41) is 0. The zero-order chi connectivity index (χ0) is 11.5. The van der Waals surface area contributed by atoms with Crippen molar-refractivity contribution in [3.63, 3.8) is 0 Å². The normalized spacial score (nSPS) is 10.4. The van der Waals surface area contributed by atoms with Crippen LogP contribution in [0.2, 0.25) is 0 Å². The molecule has 2 rings (SSSR count). The second-order valence-electron chi connectivity index (χ2n) is 3.33. The van der Waals surface area contributed by atoms with E-state index in [-0.39, 0.29) is 18.0 Å². The van der Waals surface area contributed by atoms with E-state index in [1.165, 1.54) is 12.3 Å². The van der Waals surface area contributed by atoms with Crippen molar-refractivity contribution in [3.8, 4) is 0 Å². The van der Waals surface area contributed by atoms with Gasteiger partial charge in [0.25, 0.3) is 0 Å². The molecular weight excluding hydrogens is 275 g/mol. The van der Waals surface area contributed by atoms with E-state index >= 15 is 0 Å². The molecular formula is C12H8BrFO2. The van der Waals surface area contributed by atoms with E-state index in [0.717, 1.165) is 5.56 Å². The van der Waals surface area contributed by atoms with Crippen LogP contribution in [0.5, 0.6) is 0 Å². The number of carbonyl (C=O) groups excluding carboxylic acids is 1. The highest BCUT2D eigenvalue weighted by molar-refractivity contribution is 9.10. The average Bonchev–Trinajstić information content (AvgIpc) is 2.77. The molecule has 1 aromatic carbocycles. The molecule has 0 saturated heterocycles. The standard InChI is InChI=1S/C12H8BrFO2/c13-9-6-8(3-4-10(9)14)7-11(15)12-2-1-5-16-12/h1-6H,7H2. The predicted octanol–water partition coefficient (Wildman–Crippen LogP) is 3.61. The molecule has 0 aliphatic rings. The van der Waals surface area contributed by atoms with E-state index < -0.39 is 0 Å². The first-order chi connectivity index (χ1) is 7.66. The summed E-state index contributed by atoms with van der Waals surface area (Å²) in [5.41, 5.74) is 0.745. The Morgan fingerprint density at radius 3 is 2.81 bits per heavy atom. The van der Waals surface area contributed by atoms with Gasteiger partial charge in [-0.05, 0) is 45.8 Å². The second-order valence-corrected chi connectivity index (χ2v) is 4.18. The summed E-state index contributed by atoms with van der Waals surface area (Å²) in [6, 6.07) is 7.78. The highest BCUT2D eigenvalue weighted by Crippen LogP contribution is 2.18. The third kappa shape index (κ3) is 2.39. The number of hydrogen-bond donors (Lipinski definition) is 0. The third-order valence-corrected chi connectivity index (χ3v) is 2.75. The third-order valence-electron chi connectivity index (χ3n) is 2.14. The maximum atomic E-state index is 13.0. The molecule has 0 unspecified atom stereocenters. The molecule has 0 aliphatic heterocycles. The van der Waals surface area contributed by atoms with Gasteiger partial charge in [0.05, 0.1) is 10.7 Å². The average molecular weight is 283 g/mol. The molecule has 2 nitrogen and oxygen atoms in total. The van der Waals surface area contributed by atoms with Gasteiger partial charge in [-0.2, -0.15) is 0 Å². The summed E-state index contributed by atoms with van der Waals surface area (Å²) < 4.78 is 18.3. The number of halogens is 2. The Morgan fingerprint density at radius 2 is 2.19 bits per heavy atom. The Hall–Kier alpha value is -1.42. The van der Waals surface area contributed by atoms with Gasteiger partial charge in [0.2, 0.25) is 5.78 Å². The highest BCUT2D eigenvalue weighted by Gasteiger charge is 2.10. The Kier molecular flexibility index (Phi) is 3.19. The molecule has 0 N–H and O–H groups in total. The van der Waals surface area contributed by atoms with Crippen molar-refractivity contribution in [2.45, 2.75) is 6.42 Å². The molecule has 0 bridgehead atoms. The molecule has 2 aromatic rings. The van der Waals surface area contributed by atoms with Gasteiger partial charge in [0.15, 0.2) is 5.76 Å². The lowest BCUT2D eigenvalue weighted by molar-refractivity contribution is 0.0966. The number of benzene rings is 1. The van der Waals surface area contributed by atoms with E-state index in [0.29, 0.717) is 10.2 Å². The van der Waals surface area contributed by atoms with E-state index in [2.05, 4.69) is 15.9 Å². The molecule has 0 atom stereocenters. The van der Waals surface area contributed by atoms with Crippen LogP contribution < -0.4 is 0 Å². The van der Waals surface area contributed by atoms with Gasteiger partial charge in [-0.3, -0.25) is 4.79 Å². The van der Waals surface area contributed by atoms with E-state index in [4.69, 9.17) is 4.42 Å². The fourth-order valence-electron chi connectivity index (χ4n) is 1.36. The lowest BCUT2D eigenvalue weighted by Gasteiger charge is -2.00. The molecule has 0 saturated carbocycles. The van der Waals surface area contributed by atoms with Crippen molar-refractivity contribution >= 4 is 21.7 Å². The number of ketones is 1. The molecule has 4 heteroatoms. The number of rotatable bonds is 3. The predicted molar refractivity (Wildman–Crippen MR) is 60.8 cm³/mol. The van der Waals surface area contributed by atoms with Crippen LogP contribution in [0.3, 0.4) is 0 Å². The van der Waals surface area contributed by atoms with Gasteiger partial charge in [0, 0.05) is 6.42 Å². The lowest BCUT2D eigenvalue weighted by atomic mass is 10.1. The van der Waals surface area contributed by atoms with Crippen LogP contribution in [0.1, 0.15) is 16.1 Å². The molecule has 0 aliphatic carbocycles. The van der Waals surface area contributed by atoms with Crippen LogP contribution in [0.15, 0.2) is 45.5 Å². The molecule has 82 valence electrons. The second kappa shape index (κ2) is 4.61. The zero-order valence-electron chi connectivity index (χ0n) is 8.24. The number of Topliss-reactive ketones (excluding diaryl/α,β-unsaturated/α-hetero) is 1. The summed E-state index contributed by atoms with van der Waals surface area (Å²) in [7, 11) is 0. The number of furan rings is 1. The van der Waals surface area contributed by atoms with Gasteiger partial charge in [-0.15, -0.1) is 0 Å². The molecule has 0 spiro atoms. The van der Waals surface area contributed by atoms with E-state index in [1.807, 2.05) is 0 Å². The van der Waals surface area contributed by atoms with Crippen LogP contribution >= 0.6 is 15.9 Å². The smallest absolute Gasteiger partial charge is 0.202 e. The Morgan fingerprint density at radius 1 is 1.38 bits per heavy atom. The van der Waals surface area contributed by atoms with E-state index in [9.17, 15) is 9.18 Å². The van der Waals surface area contributed by atoms with Crippen molar-refractivity contribution in [2.75, 3.05) is 0 Å². The van der Waals surface area contributed by atoms with Gasteiger partial charge in [-0.1, -0.05) is 6.07 Å². The Bertz CT molecular complexity index is 506. The molecule has 0 amide bonds. The quantitative estimate of drug-likeness (QED) is 0.805. The highest BCUT2D eigenvalue weighted by atomic mass is 79.9. The van der Waals surface area contributed by atoms with Crippen LogP contribution in [-0.4, -0.2) is 5.78 Å². The summed E-state index contributed by atoms with van der Waals surface area (Å²) in [6.45, 7) is 0. The minimum atomic E-state index is -0.339. The number of hydrogen-bond acceptors (Lipinski definition) is 2. The minimum absolute atomic E-state index is 0.122. The first-order valence-electron chi connectivity index (χ1n) is 4.67. The largest absolute Gasteiger partial charge is 0.461 e. The van der Waals surface area contributed by atoms with Gasteiger partial charge in [-0.25, -0.2) is 4.39 Å². The van der Waals surface area contributed by atoms with Gasteiger partial charge in [0.1, 0.15) is 5.82 Å². The SMILES string of the molecule is O=C(Cc1ccc(F)c(Br)c1)c1ccco1. The first kappa shape index (κ1) is 11.1. The van der Waals surface area contributed by atoms with Crippen LogP contribution in [0.4, 0.5) is 4.39 Å². The van der Waals surface area contributed by atoms with Crippen LogP contribution in [0, 0.1) is 5.82 Å². The molecule has 16 heavy (non-hydrogen) atoms. The van der Waals surface area contributed by atoms with Crippen molar-refractivity contribution in [1.29, 1.82) is 0 Å². The Balaban J connectivity index is 2.15. The van der Waals surface area contributed by atoms with Crippen molar-refractivity contribution in [1.82, 2.24) is 0 Å². The maximum absolute atomic E-state index is 13.0. The van der Waals surface area contributed by atoms with Crippen LogP contribution in [0.25, 0.3) is 0 Å². The fourth-order valence-corrected chi connectivity index (χ4v) is 1.79. The fraction of sp³-hybridized carbons (Fsp3) is 0.0833. The zero-order valence-corrected chi connectivity index (χ0v) is 9.83. The molecule has 0 fully saturated rings. The monoisotopic (exact) mass is 282 g/mol. The lowest BCUT2D eigenvalue weighted by Crippen LogP contribution is -2.02.